The molecule has 0 atom stereocenters. The molecule has 7 heteroatoms. The number of aromatic nitrogens is 1. The lowest BCUT2D eigenvalue weighted by Crippen LogP contribution is -2.03. The summed E-state index contributed by atoms with van der Waals surface area (Å²) in [4.78, 5) is 10.4. The van der Waals surface area contributed by atoms with Gasteiger partial charge in [-0.05, 0) is 12.1 Å². The summed E-state index contributed by atoms with van der Waals surface area (Å²) in [6, 6.07) is 7.95. The average Bonchev–Trinajstić information content (AvgIpc) is 2.88. The zero-order valence-corrected chi connectivity index (χ0v) is 9.16. The van der Waals surface area contributed by atoms with Gasteiger partial charge in [-0.25, -0.2) is 0 Å². The number of nitro groups is 1. The van der Waals surface area contributed by atoms with Crippen LogP contribution >= 0.6 is 0 Å². The highest BCUT2D eigenvalue weighted by Gasteiger charge is 2.19. The summed E-state index contributed by atoms with van der Waals surface area (Å²) in [5.74, 6) is 0.548. The second-order valence-corrected chi connectivity index (χ2v) is 3.40. The molecule has 1 aromatic carbocycles. The monoisotopic (exact) mass is 244 g/mol. The first-order chi connectivity index (χ1) is 8.72. The summed E-state index contributed by atoms with van der Waals surface area (Å²) in [6.45, 7) is 0.260. The Labute approximate surface area is 102 Å². The molecular weight excluding hydrogens is 236 g/mol. The van der Waals surface area contributed by atoms with Crippen LogP contribution < -0.4 is 5.32 Å². The lowest BCUT2D eigenvalue weighted by molar-refractivity contribution is -0.384. The summed E-state index contributed by atoms with van der Waals surface area (Å²) < 4.78 is 4.86. The summed E-state index contributed by atoms with van der Waals surface area (Å²) in [6.07, 6.45) is 1.48. The number of hydrogen-bond donors (Lipinski definition) is 1. The molecule has 18 heavy (non-hydrogen) atoms. The third-order valence-electron chi connectivity index (χ3n) is 2.28. The Balaban J connectivity index is 2.27. The van der Waals surface area contributed by atoms with E-state index in [-0.39, 0.29) is 23.5 Å². The summed E-state index contributed by atoms with van der Waals surface area (Å²) in [5.41, 5.74) is 0.0533. The maximum absolute atomic E-state index is 10.9. The molecule has 7 nitrogen and oxygen atoms in total. The number of nitrogens with zero attached hydrogens (tertiary/aromatic N) is 3. The first kappa shape index (κ1) is 11.6. The molecule has 0 unspecified atom stereocenters. The van der Waals surface area contributed by atoms with E-state index in [4.69, 9.17) is 9.78 Å². The molecule has 0 aliphatic heterocycles. The second kappa shape index (κ2) is 4.97. The zero-order valence-electron chi connectivity index (χ0n) is 9.16. The fourth-order valence-corrected chi connectivity index (χ4v) is 1.49. The van der Waals surface area contributed by atoms with Gasteiger partial charge in [0, 0.05) is 6.07 Å². The number of para-hydroxylation sites is 1. The van der Waals surface area contributed by atoms with E-state index in [1.54, 1.807) is 18.2 Å². The Morgan fingerprint density at radius 2 is 2.33 bits per heavy atom. The molecule has 1 heterocycles. The van der Waals surface area contributed by atoms with E-state index >= 15 is 0 Å². The number of nitrogens with one attached hydrogen (secondary N) is 1. The lowest BCUT2D eigenvalue weighted by atomic mass is 10.1. The Bertz CT molecular complexity index is 601. The van der Waals surface area contributed by atoms with Crippen LogP contribution in [0.15, 0.2) is 35.0 Å². The summed E-state index contributed by atoms with van der Waals surface area (Å²) >= 11 is 0. The average molecular weight is 244 g/mol. The molecule has 2 rings (SSSR count). The summed E-state index contributed by atoms with van der Waals surface area (Å²) in [5, 5.41) is 26.1. The molecule has 1 aromatic heterocycles. The lowest BCUT2D eigenvalue weighted by Gasteiger charge is -2.05. The van der Waals surface area contributed by atoms with E-state index in [0.29, 0.717) is 5.76 Å². The standard InChI is InChI=1S/C11H8N4O3/c12-6-8-2-1-3-10(11(8)15(16)17)13-7-9-4-5-14-18-9/h1-5,13H,7H2. The van der Waals surface area contributed by atoms with Gasteiger partial charge in [-0.15, -0.1) is 0 Å². The number of nitro benzene ring substituents is 1. The third kappa shape index (κ3) is 2.27. The highest BCUT2D eigenvalue weighted by molar-refractivity contribution is 5.68. The molecule has 0 spiro atoms. The smallest absolute Gasteiger partial charge is 0.309 e. The first-order valence-corrected chi connectivity index (χ1v) is 5.03. The van der Waals surface area contributed by atoms with E-state index in [1.807, 2.05) is 0 Å². The molecule has 1 N–H and O–H groups in total. The molecule has 90 valence electrons. The minimum Gasteiger partial charge on any atom is -0.372 e. The van der Waals surface area contributed by atoms with Crippen LogP contribution in [-0.2, 0) is 6.54 Å². The molecule has 0 saturated carbocycles. The van der Waals surface area contributed by atoms with Crippen LogP contribution in [-0.4, -0.2) is 10.1 Å². The van der Waals surface area contributed by atoms with Gasteiger partial charge in [-0.2, -0.15) is 5.26 Å². The Morgan fingerprint density at radius 1 is 1.50 bits per heavy atom. The van der Waals surface area contributed by atoms with E-state index in [2.05, 4.69) is 10.5 Å². The number of benzene rings is 1. The molecule has 0 saturated heterocycles. The molecule has 0 bridgehead atoms. The van der Waals surface area contributed by atoms with Crippen molar-refractivity contribution in [3.05, 3.63) is 51.9 Å². The van der Waals surface area contributed by atoms with Crippen molar-refractivity contribution < 1.29 is 9.45 Å². The van der Waals surface area contributed by atoms with Gasteiger partial charge < -0.3 is 9.84 Å². The van der Waals surface area contributed by atoms with Crippen LogP contribution in [0.25, 0.3) is 0 Å². The largest absolute Gasteiger partial charge is 0.372 e. The van der Waals surface area contributed by atoms with E-state index < -0.39 is 4.92 Å². The van der Waals surface area contributed by atoms with Crippen molar-refractivity contribution in [2.24, 2.45) is 0 Å². The predicted octanol–water partition coefficient (Wildman–Crippen LogP) is 2.07. The van der Waals surface area contributed by atoms with Crippen LogP contribution in [0.3, 0.4) is 0 Å². The van der Waals surface area contributed by atoms with Crippen molar-refractivity contribution in [1.82, 2.24) is 5.16 Å². The Kier molecular flexibility index (Phi) is 3.20. The van der Waals surface area contributed by atoms with E-state index in [1.165, 1.54) is 18.3 Å². The maximum Gasteiger partial charge on any atom is 0.309 e. The van der Waals surface area contributed by atoms with Crippen LogP contribution in [0, 0.1) is 21.4 Å². The number of rotatable bonds is 4. The van der Waals surface area contributed by atoms with Gasteiger partial charge in [0.25, 0.3) is 0 Å². The fourth-order valence-electron chi connectivity index (χ4n) is 1.49. The minimum absolute atomic E-state index is 0.0163. The van der Waals surface area contributed by atoms with Crippen LogP contribution in [0.4, 0.5) is 11.4 Å². The summed E-state index contributed by atoms with van der Waals surface area (Å²) in [7, 11) is 0. The van der Waals surface area contributed by atoms with Crippen LogP contribution in [0.1, 0.15) is 11.3 Å². The van der Waals surface area contributed by atoms with Gasteiger partial charge in [-0.3, -0.25) is 10.1 Å². The molecule has 0 aliphatic rings. The predicted molar refractivity (Wildman–Crippen MR) is 61.6 cm³/mol. The van der Waals surface area contributed by atoms with Gasteiger partial charge in [0.15, 0.2) is 5.76 Å². The normalized spacial score (nSPS) is 9.72. The number of nitriles is 1. The third-order valence-corrected chi connectivity index (χ3v) is 2.28. The van der Waals surface area contributed by atoms with Crippen molar-refractivity contribution in [2.45, 2.75) is 6.54 Å². The second-order valence-electron chi connectivity index (χ2n) is 3.40. The minimum atomic E-state index is -0.582. The van der Waals surface area contributed by atoms with Crippen LogP contribution in [0.2, 0.25) is 0 Å². The number of anilines is 1. The highest BCUT2D eigenvalue weighted by atomic mass is 16.6. The quantitative estimate of drug-likeness (QED) is 0.651. The topological polar surface area (TPSA) is 105 Å². The molecule has 0 aliphatic carbocycles. The molecule has 0 amide bonds. The van der Waals surface area contributed by atoms with E-state index in [9.17, 15) is 10.1 Å². The zero-order chi connectivity index (χ0) is 13.0. The van der Waals surface area contributed by atoms with Gasteiger partial charge >= 0.3 is 5.69 Å². The fraction of sp³-hybridized carbons (Fsp3) is 0.0909. The van der Waals surface area contributed by atoms with Gasteiger partial charge in [0.05, 0.1) is 17.7 Å². The SMILES string of the molecule is N#Cc1cccc(NCc2ccno2)c1[N+](=O)[O-]. The van der Waals surface area contributed by atoms with Gasteiger partial charge in [0.2, 0.25) is 0 Å². The molecule has 2 aromatic rings. The van der Waals surface area contributed by atoms with Crippen molar-refractivity contribution in [3.63, 3.8) is 0 Å². The maximum atomic E-state index is 10.9. The van der Waals surface area contributed by atoms with Gasteiger partial charge in [0.1, 0.15) is 17.3 Å². The Hall–Kier alpha value is -2.88. The molecule has 0 fully saturated rings. The van der Waals surface area contributed by atoms with Crippen molar-refractivity contribution in [3.8, 4) is 6.07 Å². The molecular formula is C11H8N4O3. The van der Waals surface area contributed by atoms with E-state index in [0.717, 1.165) is 0 Å². The van der Waals surface area contributed by atoms with Gasteiger partial charge in [-0.1, -0.05) is 11.2 Å². The number of hydrogen-bond acceptors (Lipinski definition) is 6. The first-order valence-electron chi connectivity index (χ1n) is 5.03. The van der Waals surface area contributed by atoms with Crippen molar-refractivity contribution in [1.29, 1.82) is 5.26 Å². The van der Waals surface area contributed by atoms with Crippen LogP contribution in [0.5, 0.6) is 0 Å². The van der Waals surface area contributed by atoms with Crippen molar-refractivity contribution >= 4 is 11.4 Å². The highest BCUT2D eigenvalue weighted by Crippen LogP contribution is 2.28. The Morgan fingerprint density at radius 3 is 2.94 bits per heavy atom. The molecule has 0 radical (unpaired) electrons. The van der Waals surface area contributed by atoms with Crippen molar-refractivity contribution in [2.75, 3.05) is 5.32 Å².